The first kappa shape index (κ1) is 13.4. The molecule has 2 aliphatic rings. The first-order valence-electron chi connectivity index (χ1n) is 6.90. The van der Waals surface area contributed by atoms with Crippen molar-refractivity contribution in [2.24, 2.45) is 17.8 Å². The average Bonchev–Trinajstić information content (AvgIpc) is 2.96. The van der Waals surface area contributed by atoms with Gasteiger partial charge in [-0.2, -0.15) is 0 Å². The lowest BCUT2D eigenvalue weighted by Gasteiger charge is -2.31. The van der Waals surface area contributed by atoms with Crippen LogP contribution >= 0.6 is 0 Å². The molecule has 3 atom stereocenters. The number of amides is 1. The number of esters is 1. The van der Waals surface area contributed by atoms with Crippen LogP contribution in [0.2, 0.25) is 0 Å². The van der Waals surface area contributed by atoms with E-state index >= 15 is 0 Å². The molecular weight excluding hydrogens is 230 g/mol. The predicted molar refractivity (Wildman–Crippen MR) is 67.8 cm³/mol. The highest BCUT2D eigenvalue weighted by Gasteiger charge is 2.44. The molecule has 0 aromatic heterocycles. The lowest BCUT2D eigenvalue weighted by Crippen LogP contribution is -2.45. The van der Waals surface area contributed by atoms with Crippen LogP contribution in [0.4, 0.5) is 0 Å². The van der Waals surface area contributed by atoms with Crippen LogP contribution in [0.15, 0.2) is 0 Å². The second-order valence-electron chi connectivity index (χ2n) is 5.92. The Bertz CT molecular complexity index is 340. The number of fused-ring (bicyclic) bond motifs is 2. The van der Waals surface area contributed by atoms with Crippen LogP contribution in [0.3, 0.4) is 0 Å². The summed E-state index contributed by atoms with van der Waals surface area (Å²) in [6.07, 6.45) is 4.70. The van der Waals surface area contributed by atoms with Crippen LogP contribution < -0.4 is 0 Å². The largest absolute Gasteiger partial charge is 0.468 e. The van der Waals surface area contributed by atoms with Crippen LogP contribution in [0.1, 0.15) is 39.5 Å². The van der Waals surface area contributed by atoms with Gasteiger partial charge in [0.1, 0.15) is 6.54 Å². The monoisotopic (exact) mass is 253 g/mol. The van der Waals surface area contributed by atoms with Crippen molar-refractivity contribution in [1.29, 1.82) is 0 Å². The number of ether oxygens (including phenoxy) is 1. The Morgan fingerprint density at radius 2 is 2.00 bits per heavy atom. The Morgan fingerprint density at radius 3 is 2.44 bits per heavy atom. The Morgan fingerprint density at radius 1 is 1.28 bits per heavy atom. The molecule has 0 aromatic carbocycles. The highest BCUT2D eigenvalue weighted by molar-refractivity contribution is 5.84. The fourth-order valence-corrected chi connectivity index (χ4v) is 3.48. The van der Waals surface area contributed by atoms with Crippen LogP contribution in [-0.2, 0) is 14.3 Å². The summed E-state index contributed by atoms with van der Waals surface area (Å²) in [6, 6.07) is 0.0516. The third kappa shape index (κ3) is 2.52. The summed E-state index contributed by atoms with van der Waals surface area (Å²) < 4.78 is 4.67. The van der Waals surface area contributed by atoms with Crippen molar-refractivity contribution in [3.8, 4) is 0 Å². The van der Waals surface area contributed by atoms with Gasteiger partial charge in [-0.15, -0.1) is 0 Å². The molecule has 18 heavy (non-hydrogen) atoms. The predicted octanol–water partition coefficient (Wildman–Crippen LogP) is 1.83. The van der Waals surface area contributed by atoms with Gasteiger partial charge in [-0.05, 0) is 44.9 Å². The smallest absolute Gasteiger partial charge is 0.325 e. The van der Waals surface area contributed by atoms with Crippen LogP contribution in [0.5, 0.6) is 0 Å². The first-order valence-corrected chi connectivity index (χ1v) is 6.90. The second kappa shape index (κ2) is 5.29. The molecule has 4 heteroatoms. The van der Waals surface area contributed by atoms with Crippen molar-refractivity contribution in [3.05, 3.63) is 0 Å². The maximum absolute atomic E-state index is 12.5. The van der Waals surface area contributed by atoms with Gasteiger partial charge in [-0.3, -0.25) is 9.59 Å². The highest BCUT2D eigenvalue weighted by Crippen LogP contribution is 2.48. The van der Waals surface area contributed by atoms with Gasteiger partial charge in [-0.1, -0.05) is 6.42 Å². The lowest BCUT2D eigenvalue weighted by molar-refractivity contribution is -0.150. The summed E-state index contributed by atoms with van der Waals surface area (Å²) in [5.74, 6) is 1.27. The maximum Gasteiger partial charge on any atom is 0.325 e. The minimum absolute atomic E-state index is 0.0516. The molecule has 3 unspecified atom stereocenters. The summed E-state index contributed by atoms with van der Waals surface area (Å²) in [5.41, 5.74) is 0. The molecule has 2 fully saturated rings. The van der Waals surface area contributed by atoms with Gasteiger partial charge in [0, 0.05) is 12.0 Å². The van der Waals surface area contributed by atoms with E-state index in [2.05, 4.69) is 4.74 Å². The number of carbonyl (C=O) groups is 2. The third-order valence-electron chi connectivity index (χ3n) is 4.49. The number of rotatable bonds is 4. The van der Waals surface area contributed by atoms with Crippen LogP contribution in [0, 0.1) is 17.8 Å². The highest BCUT2D eigenvalue weighted by atomic mass is 16.5. The van der Waals surface area contributed by atoms with E-state index in [0.717, 1.165) is 12.3 Å². The van der Waals surface area contributed by atoms with Crippen molar-refractivity contribution in [3.63, 3.8) is 0 Å². The van der Waals surface area contributed by atoms with E-state index in [-0.39, 0.29) is 30.4 Å². The fraction of sp³-hybridized carbons (Fsp3) is 0.857. The molecule has 0 saturated heterocycles. The van der Waals surface area contributed by atoms with E-state index in [0.29, 0.717) is 5.92 Å². The Labute approximate surface area is 109 Å². The molecule has 0 heterocycles. The summed E-state index contributed by atoms with van der Waals surface area (Å²) in [4.78, 5) is 25.6. The van der Waals surface area contributed by atoms with E-state index in [1.54, 1.807) is 4.90 Å². The van der Waals surface area contributed by atoms with Gasteiger partial charge in [0.05, 0.1) is 7.11 Å². The van der Waals surface area contributed by atoms with Gasteiger partial charge in [0.2, 0.25) is 5.91 Å². The molecule has 2 bridgehead atoms. The first-order chi connectivity index (χ1) is 8.52. The van der Waals surface area contributed by atoms with Gasteiger partial charge in [0.25, 0.3) is 0 Å². The van der Waals surface area contributed by atoms with E-state index in [4.69, 9.17) is 0 Å². The fourth-order valence-electron chi connectivity index (χ4n) is 3.48. The number of methoxy groups -OCH3 is 1. The quantitative estimate of drug-likeness (QED) is 0.718. The van der Waals surface area contributed by atoms with Crippen molar-refractivity contribution in [1.82, 2.24) is 4.90 Å². The van der Waals surface area contributed by atoms with Gasteiger partial charge in [-0.25, -0.2) is 0 Å². The zero-order valence-electron chi connectivity index (χ0n) is 11.5. The van der Waals surface area contributed by atoms with Gasteiger partial charge in [0.15, 0.2) is 0 Å². The second-order valence-corrected chi connectivity index (χ2v) is 5.92. The molecule has 102 valence electrons. The standard InChI is InChI=1S/C14H23NO3/c1-9(2)15(8-13(16)18-3)14(17)12-7-10-4-5-11(12)6-10/h9-12H,4-8H2,1-3H3. The van der Waals surface area contributed by atoms with Crippen molar-refractivity contribution < 1.29 is 14.3 Å². The molecule has 4 nitrogen and oxygen atoms in total. The van der Waals surface area contributed by atoms with Crippen molar-refractivity contribution in [2.75, 3.05) is 13.7 Å². The molecule has 2 rings (SSSR count). The Kier molecular flexibility index (Phi) is 3.93. The molecule has 0 aliphatic heterocycles. The minimum atomic E-state index is -0.333. The van der Waals surface area contributed by atoms with Crippen LogP contribution in [-0.4, -0.2) is 36.5 Å². The molecule has 0 aromatic rings. The lowest BCUT2D eigenvalue weighted by atomic mass is 9.87. The summed E-state index contributed by atoms with van der Waals surface area (Å²) in [6.45, 7) is 3.99. The minimum Gasteiger partial charge on any atom is -0.468 e. The number of nitrogens with zero attached hydrogens (tertiary/aromatic N) is 1. The Balaban J connectivity index is 2.02. The average molecular weight is 253 g/mol. The van der Waals surface area contributed by atoms with Gasteiger partial charge >= 0.3 is 5.97 Å². The van der Waals surface area contributed by atoms with E-state index < -0.39 is 0 Å². The normalized spacial score (nSPS) is 29.7. The molecule has 0 radical (unpaired) electrons. The van der Waals surface area contributed by atoms with E-state index in [1.165, 1.54) is 26.4 Å². The van der Waals surface area contributed by atoms with E-state index in [1.807, 2.05) is 13.8 Å². The zero-order valence-corrected chi connectivity index (χ0v) is 11.5. The molecule has 2 aliphatic carbocycles. The zero-order chi connectivity index (χ0) is 13.3. The molecule has 2 saturated carbocycles. The Hall–Kier alpha value is -1.06. The summed E-state index contributed by atoms with van der Waals surface area (Å²) in [7, 11) is 1.36. The topological polar surface area (TPSA) is 46.6 Å². The van der Waals surface area contributed by atoms with Gasteiger partial charge < -0.3 is 9.64 Å². The number of hydrogen-bond acceptors (Lipinski definition) is 3. The summed E-state index contributed by atoms with van der Waals surface area (Å²) >= 11 is 0. The molecular formula is C14H23NO3. The van der Waals surface area contributed by atoms with E-state index in [9.17, 15) is 9.59 Å². The third-order valence-corrected chi connectivity index (χ3v) is 4.49. The molecule has 1 amide bonds. The van der Waals surface area contributed by atoms with Crippen LogP contribution in [0.25, 0.3) is 0 Å². The maximum atomic E-state index is 12.5. The molecule has 0 N–H and O–H groups in total. The van der Waals surface area contributed by atoms with Crippen molar-refractivity contribution in [2.45, 2.75) is 45.6 Å². The summed E-state index contributed by atoms with van der Waals surface area (Å²) in [5, 5.41) is 0. The van der Waals surface area contributed by atoms with Crippen molar-refractivity contribution >= 4 is 11.9 Å². The number of hydrogen-bond donors (Lipinski definition) is 0. The molecule has 0 spiro atoms. The SMILES string of the molecule is COC(=O)CN(C(=O)C1CC2CCC1C2)C(C)C. The number of carbonyl (C=O) groups excluding carboxylic acids is 2.